The molecule has 0 fully saturated rings. The van der Waals surface area contributed by atoms with Crippen LogP contribution in [0.2, 0.25) is 0 Å². The van der Waals surface area contributed by atoms with Crippen LogP contribution in [0.4, 0.5) is 0 Å². The van der Waals surface area contributed by atoms with Crippen molar-refractivity contribution in [1.82, 2.24) is 10.3 Å². The van der Waals surface area contributed by atoms with Crippen LogP contribution in [0, 0.1) is 0 Å². The van der Waals surface area contributed by atoms with Crippen LogP contribution in [-0.4, -0.2) is 27.7 Å². The SMILES string of the molecule is CS(=O)CCNCc1ccc2ncccc2c1. The van der Waals surface area contributed by atoms with Gasteiger partial charge in [0.25, 0.3) is 0 Å². The second-order valence-electron chi connectivity index (χ2n) is 3.98. The van der Waals surface area contributed by atoms with Crippen LogP contribution in [0.3, 0.4) is 0 Å². The molecule has 1 heterocycles. The van der Waals surface area contributed by atoms with Gasteiger partial charge in [-0.1, -0.05) is 12.1 Å². The zero-order valence-corrected chi connectivity index (χ0v) is 10.7. The standard InChI is InChI=1S/C13H16N2OS/c1-17(16)8-7-14-10-11-4-5-13-12(9-11)3-2-6-15-13/h2-6,9,14H,7-8,10H2,1H3. The molecule has 0 aliphatic rings. The lowest BCUT2D eigenvalue weighted by Crippen LogP contribution is -2.19. The minimum absolute atomic E-state index is 0.704. The molecule has 0 radical (unpaired) electrons. The summed E-state index contributed by atoms with van der Waals surface area (Å²) in [5.41, 5.74) is 2.25. The summed E-state index contributed by atoms with van der Waals surface area (Å²) in [4.78, 5) is 4.28. The minimum Gasteiger partial charge on any atom is -0.312 e. The lowest BCUT2D eigenvalue weighted by atomic mass is 10.1. The van der Waals surface area contributed by atoms with Gasteiger partial charge in [-0.15, -0.1) is 0 Å². The van der Waals surface area contributed by atoms with Crippen molar-refractivity contribution in [3.8, 4) is 0 Å². The van der Waals surface area contributed by atoms with Crippen LogP contribution in [0.25, 0.3) is 10.9 Å². The quantitative estimate of drug-likeness (QED) is 0.819. The zero-order valence-electron chi connectivity index (χ0n) is 9.85. The molecule has 0 aliphatic heterocycles. The van der Waals surface area contributed by atoms with Crippen molar-refractivity contribution in [2.24, 2.45) is 0 Å². The van der Waals surface area contributed by atoms with E-state index in [2.05, 4.69) is 28.5 Å². The summed E-state index contributed by atoms with van der Waals surface area (Å²) in [5, 5.41) is 4.44. The third kappa shape index (κ3) is 3.61. The predicted octanol–water partition coefficient (Wildman–Crippen LogP) is 1.70. The number of hydrogen-bond donors (Lipinski definition) is 1. The number of nitrogens with one attached hydrogen (secondary N) is 1. The first-order chi connectivity index (χ1) is 8.25. The Labute approximate surface area is 104 Å². The van der Waals surface area contributed by atoms with E-state index < -0.39 is 10.8 Å². The van der Waals surface area contributed by atoms with Crippen LogP contribution in [0.15, 0.2) is 36.5 Å². The maximum atomic E-state index is 10.9. The average molecular weight is 248 g/mol. The van der Waals surface area contributed by atoms with Gasteiger partial charge in [0, 0.05) is 47.5 Å². The molecule has 4 heteroatoms. The van der Waals surface area contributed by atoms with Gasteiger partial charge in [0.2, 0.25) is 0 Å². The summed E-state index contributed by atoms with van der Waals surface area (Å²) >= 11 is 0. The topological polar surface area (TPSA) is 42.0 Å². The van der Waals surface area contributed by atoms with E-state index in [0.717, 1.165) is 24.0 Å². The fourth-order valence-corrected chi connectivity index (χ4v) is 2.12. The Kier molecular flexibility index (Phi) is 4.23. The van der Waals surface area contributed by atoms with Crippen LogP contribution >= 0.6 is 0 Å². The lowest BCUT2D eigenvalue weighted by molar-refractivity contribution is 0.677. The number of aromatic nitrogens is 1. The van der Waals surface area contributed by atoms with E-state index in [9.17, 15) is 4.21 Å². The summed E-state index contributed by atoms with van der Waals surface area (Å²) in [6.07, 6.45) is 3.53. The second-order valence-corrected chi connectivity index (χ2v) is 5.54. The third-order valence-electron chi connectivity index (χ3n) is 2.56. The van der Waals surface area contributed by atoms with Crippen LogP contribution in [0.1, 0.15) is 5.56 Å². The molecular formula is C13H16N2OS. The van der Waals surface area contributed by atoms with E-state index in [-0.39, 0.29) is 0 Å². The zero-order chi connectivity index (χ0) is 12.1. The number of benzene rings is 1. The average Bonchev–Trinajstić information content (AvgIpc) is 2.34. The molecule has 0 aliphatic carbocycles. The van der Waals surface area contributed by atoms with E-state index in [1.807, 2.05) is 12.1 Å². The first-order valence-corrected chi connectivity index (χ1v) is 7.33. The van der Waals surface area contributed by atoms with Crippen molar-refractivity contribution in [2.45, 2.75) is 6.54 Å². The van der Waals surface area contributed by atoms with E-state index in [1.165, 1.54) is 5.56 Å². The molecule has 0 saturated heterocycles. The number of nitrogens with zero attached hydrogens (tertiary/aromatic N) is 1. The molecule has 1 aromatic heterocycles. The van der Waals surface area contributed by atoms with Crippen LogP contribution in [-0.2, 0) is 17.3 Å². The molecule has 0 bridgehead atoms. The summed E-state index contributed by atoms with van der Waals surface area (Å²) < 4.78 is 10.9. The number of fused-ring (bicyclic) bond motifs is 1. The molecule has 3 nitrogen and oxygen atoms in total. The number of rotatable bonds is 5. The van der Waals surface area contributed by atoms with E-state index in [1.54, 1.807) is 12.5 Å². The van der Waals surface area contributed by atoms with Gasteiger partial charge >= 0.3 is 0 Å². The smallest absolute Gasteiger partial charge is 0.0702 e. The van der Waals surface area contributed by atoms with Gasteiger partial charge in [-0.05, 0) is 23.8 Å². The molecule has 0 amide bonds. The lowest BCUT2D eigenvalue weighted by Gasteiger charge is -2.05. The van der Waals surface area contributed by atoms with Crippen molar-refractivity contribution in [3.05, 3.63) is 42.1 Å². The number of hydrogen-bond acceptors (Lipinski definition) is 3. The number of pyridine rings is 1. The highest BCUT2D eigenvalue weighted by Gasteiger charge is 1.97. The molecule has 2 rings (SSSR count). The van der Waals surface area contributed by atoms with Crippen LogP contribution < -0.4 is 5.32 Å². The largest absolute Gasteiger partial charge is 0.312 e. The second kappa shape index (κ2) is 5.89. The Morgan fingerprint density at radius 3 is 3.06 bits per heavy atom. The van der Waals surface area contributed by atoms with Crippen molar-refractivity contribution in [1.29, 1.82) is 0 Å². The molecule has 1 atom stereocenters. The third-order valence-corrected chi connectivity index (χ3v) is 3.34. The van der Waals surface area contributed by atoms with Gasteiger partial charge in [-0.25, -0.2) is 0 Å². The Balaban J connectivity index is 1.97. The molecule has 1 unspecified atom stereocenters. The molecule has 2 aromatic rings. The van der Waals surface area contributed by atoms with Gasteiger partial charge in [0.1, 0.15) is 0 Å². The van der Waals surface area contributed by atoms with Gasteiger partial charge in [0.15, 0.2) is 0 Å². The predicted molar refractivity (Wildman–Crippen MR) is 72.4 cm³/mol. The highest BCUT2D eigenvalue weighted by Crippen LogP contribution is 2.12. The summed E-state index contributed by atoms with van der Waals surface area (Å²) in [6.45, 7) is 1.59. The van der Waals surface area contributed by atoms with Gasteiger partial charge in [-0.3, -0.25) is 9.19 Å². The molecule has 17 heavy (non-hydrogen) atoms. The normalized spacial score (nSPS) is 12.8. The van der Waals surface area contributed by atoms with Gasteiger partial charge in [-0.2, -0.15) is 0 Å². The summed E-state index contributed by atoms with van der Waals surface area (Å²) in [5.74, 6) is 0.704. The maximum absolute atomic E-state index is 10.9. The monoisotopic (exact) mass is 248 g/mol. The summed E-state index contributed by atoms with van der Waals surface area (Å²) in [7, 11) is -0.718. The van der Waals surface area contributed by atoms with Crippen LogP contribution in [0.5, 0.6) is 0 Å². The van der Waals surface area contributed by atoms with E-state index >= 15 is 0 Å². The van der Waals surface area contributed by atoms with Crippen molar-refractivity contribution in [3.63, 3.8) is 0 Å². The first kappa shape index (κ1) is 12.2. The maximum Gasteiger partial charge on any atom is 0.0702 e. The Hall–Kier alpha value is -1.26. The van der Waals surface area contributed by atoms with Crippen molar-refractivity contribution < 1.29 is 4.21 Å². The Morgan fingerprint density at radius 1 is 1.35 bits per heavy atom. The van der Waals surface area contributed by atoms with Gasteiger partial charge < -0.3 is 5.32 Å². The first-order valence-electron chi connectivity index (χ1n) is 5.60. The van der Waals surface area contributed by atoms with Crippen molar-refractivity contribution >= 4 is 21.7 Å². The highest BCUT2D eigenvalue weighted by molar-refractivity contribution is 7.84. The molecule has 1 aromatic carbocycles. The minimum atomic E-state index is -0.718. The molecule has 1 N–H and O–H groups in total. The summed E-state index contributed by atoms with van der Waals surface area (Å²) in [6, 6.07) is 10.3. The molecule has 90 valence electrons. The molecule has 0 saturated carbocycles. The fraction of sp³-hybridized carbons (Fsp3) is 0.308. The Morgan fingerprint density at radius 2 is 2.24 bits per heavy atom. The van der Waals surface area contributed by atoms with E-state index in [0.29, 0.717) is 5.75 Å². The van der Waals surface area contributed by atoms with Crippen molar-refractivity contribution in [2.75, 3.05) is 18.6 Å². The van der Waals surface area contributed by atoms with Gasteiger partial charge in [0.05, 0.1) is 5.52 Å². The molecule has 0 spiro atoms. The highest BCUT2D eigenvalue weighted by atomic mass is 32.2. The molecular weight excluding hydrogens is 232 g/mol. The fourth-order valence-electron chi connectivity index (χ4n) is 1.68. The van der Waals surface area contributed by atoms with E-state index in [4.69, 9.17) is 0 Å². The Bertz CT molecular complexity index is 528.